The fraction of sp³-hybridized carbons (Fsp3) is 0.0769. The van der Waals surface area contributed by atoms with Crippen molar-refractivity contribution < 1.29 is 4.42 Å². The van der Waals surface area contributed by atoms with Gasteiger partial charge in [-0.2, -0.15) is 5.26 Å². The first kappa shape index (κ1) is 10.2. The van der Waals surface area contributed by atoms with Gasteiger partial charge in [0, 0.05) is 5.39 Å². The third-order valence-corrected chi connectivity index (χ3v) is 2.33. The van der Waals surface area contributed by atoms with Crippen LogP contribution >= 0.6 is 0 Å². The molecule has 1 heterocycles. The summed E-state index contributed by atoms with van der Waals surface area (Å²) in [6.45, 7) is 3.65. The smallest absolute Gasteiger partial charge is 0.354 e. The molecule has 0 unspecified atom stereocenters. The SMILES string of the molecule is C=CCc1cccc2cc(C#N)c(=O)oc12. The Labute approximate surface area is 92.2 Å². The van der Waals surface area contributed by atoms with Gasteiger partial charge in [-0.3, -0.25) is 0 Å². The van der Waals surface area contributed by atoms with Gasteiger partial charge in [-0.15, -0.1) is 6.58 Å². The molecule has 0 fully saturated rings. The third kappa shape index (κ3) is 1.61. The molecule has 0 aliphatic rings. The Morgan fingerprint density at radius 2 is 2.31 bits per heavy atom. The molecule has 1 aromatic heterocycles. The number of fused-ring (bicyclic) bond motifs is 1. The van der Waals surface area contributed by atoms with E-state index in [1.807, 2.05) is 24.3 Å². The summed E-state index contributed by atoms with van der Waals surface area (Å²) in [5, 5.41) is 9.48. The first-order valence-electron chi connectivity index (χ1n) is 4.83. The number of benzene rings is 1. The van der Waals surface area contributed by atoms with Gasteiger partial charge in [0.25, 0.3) is 0 Å². The lowest BCUT2D eigenvalue weighted by molar-refractivity contribution is 0.555. The maximum atomic E-state index is 11.4. The summed E-state index contributed by atoms with van der Waals surface area (Å²) in [5.74, 6) is 0. The van der Waals surface area contributed by atoms with E-state index in [1.165, 1.54) is 0 Å². The van der Waals surface area contributed by atoms with Crippen molar-refractivity contribution in [1.82, 2.24) is 0 Å². The average Bonchev–Trinajstić information content (AvgIpc) is 2.29. The number of allylic oxidation sites excluding steroid dienone is 1. The van der Waals surface area contributed by atoms with Crippen LogP contribution in [0.1, 0.15) is 11.1 Å². The molecule has 0 N–H and O–H groups in total. The van der Waals surface area contributed by atoms with Gasteiger partial charge in [-0.25, -0.2) is 4.79 Å². The lowest BCUT2D eigenvalue weighted by atomic mass is 10.1. The maximum Gasteiger partial charge on any atom is 0.354 e. The van der Waals surface area contributed by atoms with Crippen molar-refractivity contribution in [2.24, 2.45) is 0 Å². The normalized spacial score (nSPS) is 9.94. The highest BCUT2D eigenvalue weighted by molar-refractivity contribution is 5.80. The standard InChI is InChI=1S/C13H9NO2/c1-2-4-9-5-3-6-10-7-11(8-14)13(15)16-12(9)10/h2-3,5-7H,1,4H2. The van der Waals surface area contributed by atoms with Crippen LogP contribution in [0.2, 0.25) is 0 Å². The highest BCUT2D eigenvalue weighted by Crippen LogP contribution is 2.18. The zero-order valence-electron chi connectivity index (χ0n) is 8.56. The third-order valence-electron chi connectivity index (χ3n) is 2.33. The molecule has 16 heavy (non-hydrogen) atoms. The van der Waals surface area contributed by atoms with E-state index in [4.69, 9.17) is 9.68 Å². The minimum absolute atomic E-state index is 0.0308. The summed E-state index contributed by atoms with van der Waals surface area (Å²) in [4.78, 5) is 11.4. The summed E-state index contributed by atoms with van der Waals surface area (Å²) < 4.78 is 5.14. The Balaban J connectivity index is 2.80. The van der Waals surface area contributed by atoms with E-state index in [9.17, 15) is 4.79 Å². The van der Waals surface area contributed by atoms with Gasteiger partial charge < -0.3 is 4.42 Å². The van der Waals surface area contributed by atoms with Crippen LogP contribution in [0, 0.1) is 11.3 Å². The minimum atomic E-state index is -0.591. The number of nitriles is 1. The highest BCUT2D eigenvalue weighted by Gasteiger charge is 2.07. The van der Waals surface area contributed by atoms with Crippen LogP contribution in [0.4, 0.5) is 0 Å². The van der Waals surface area contributed by atoms with Gasteiger partial charge in [0.05, 0.1) is 0 Å². The van der Waals surface area contributed by atoms with Crippen molar-refractivity contribution in [3.63, 3.8) is 0 Å². The van der Waals surface area contributed by atoms with E-state index in [2.05, 4.69) is 6.58 Å². The molecule has 0 atom stereocenters. The molecule has 2 rings (SSSR count). The number of hydrogen-bond acceptors (Lipinski definition) is 3. The molecular weight excluding hydrogens is 202 g/mol. The fourth-order valence-corrected chi connectivity index (χ4v) is 1.60. The predicted molar refractivity (Wildman–Crippen MR) is 61.1 cm³/mol. The molecule has 3 heteroatoms. The number of para-hydroxylation sites is 1. The van der Waals surface area contributed by atoms with E-state index in [-0.39, 0.29) is 5.56 Å². The molecule has 2 aromatic rings. The lowest BCUT2D eigenvalue weighted by Gasteiger charge is -2.02. The van der Waals surface area contributed by atoms with Crippen LogP contribution in [0.5, 0.6) is 0 Å². The van der Waals surface area contributed by atoms with E-state index < -0.39 is 5.63 Å². The molecule has 0 radical (unpaired) electrons. The molecule has 0 amide bonds. The highest BCUT2D eigenvalue weighted by atomic mass is 16.4. The van der Waals surface area contributed by atoms with Crippen molar-refractivity contribution >= 4 is 11.0 Å². The molecule has 0 bridgehead atoms. The lowest BCUT2D eigenvalue weighted by Crippen LogP contribution is -2.04. The molecule has 1 aromatic carbocycles. The Morgan fingerprint density at radius 3 is 3.00 bits per heavy atom. The molecule has 0 spiro atoms. The van der Waals surface area contributed by atoms with Gasteiger partial charge in [-0.05, 0) is 18.1 Å². The molecule has 0 aliphatic carbocycles. The van der Waals surface area contributed by atoms with E-state index in [1.54, 1.807) is 12.1 Å². The summed E-state index contributed by atoms with van der Waals surface area (Å²) in [6.07, 6.45) is 2.37. The van der Waals surface area contributed by atoms with Crippen molar-refractivity contribution in [1.29, 1.82) is 5.26 Å². The first-order valence-corrected chi connectivity index (χ1v) is 4.83. The second-order valence-electron chi connectivity index (χ2n) is 3.39. The number of hydrogen-bond donors (Lipinski definition) is 0. The monoisotopic (exact) mass is 211 g/mol. The second kappa shape index (κ2) is 4.03. The molecule has 0 saturated heterocycles. The van der Waals surface area contributed by atoms with Crippen molar-refractivity contribution in [2.45, 2.75) is 6.42 Å². The van der Waals surface area contributed by atoms with Gasteiger partial charge in [0.1, 0.15) is 17.2 Å². The van der Waals surface area contributed by atoms with Crippen LogP contribution in [-0.4, -0.2) is 0 Å². The number of nitrogens with zero attached hydrogens (tertiary/aromatic N) is 1. The Kier molecular flexibility index (Phi) is 2.57. The average molecular weight is 211 g/mol. The second-order valence-corrected chi connectivity index (χ2v) is 3.39. The Hall–Kier alpha value is -2.34. The van der Waals surface area contributed by atoms with Crippen LogP contribution in [0.25, 0.3) is 11.0 Å². The van der Waals surface area contributed by atoms with Crippen molar-refractivity contribution in [2.75, 3.05) is 0 Å². The predicted octanol–water partition coefficient (Wildman–Crippen LogP) is 2.39. The van der Waals surface area contributed by atoms with Crippen LogP contribution in [-0.2, 0) is 6.42 Å². The van der Waals surface area contributed by atoms with Crippen LogP contribution < -0.4 is 5.63 Å². The van der Waals surface area contributed by atoms with Crippen LogP contribution in [0.15, 0.2) is 46.1 Å². The first-order chi connectivity index (χ1) is 7.76. The molecular formula is C13H9NO2. The Morgan fingerprint density at radius 1 is 1.50 bits per heavy atom. The molecule has 78 valence electrons. The fourth-order valence-electron chi connectivity index (χ4n) is 1.60. The quantitative estimate of drug-likeness (QED) is 0.566. The summed E-state index contributed by atoms with van der Waals surface area (Å²) in [5.41, 5.74) is 0.871. The van der Waals surface area contributed by atoms with E-state index in [0.717, 1.165) is 10.9 Å². The van der Waals surface area contributed by atoms with Crippen molar-refractivity contribution in [3.05, 3.63) is 58.5 Å². The topological polar surface area (TPSA) is 54.0 Å². The van der Waals surface area contributed by atoms with Gasteiger partial charge >= 0.3 is 5.63 Å². The Bertz CT molecular complexity index is 647. The van der Waals surface area contributed by atoms with E-state index >= 15 is 0 Å². The summed E-state index contributed by atoms with van der Waals surface area (Å²) in [6, 6.07) is 8.91. The molecule has 3 nitrogen and oxygen atoms in total. The summed E-state index contributed by atoms with van der Waals surface area (Å²) in [7, 11) is 0. The minimum Gasteiger partial charge on any atom is -0.421 e. The van der Waals surface area contributed by atoms with Crippen molar-refractivity contribution in [3.8, 4) is 6.07 Å². The zero-order chi connectivity index (χ0) is 11.5. The van der Waals surface area contributed by atoms with Gasteiger partial charge in [0.2, 0.25) is 0 Å². The summed E-state index contributed by atoms with van der Waals surface area (Å²) >= 11 is 0. The zero-order valence-corrected chi connectivity index (χ0v) is 8.56. The molecule has 0 saturated carbocycles. The molecule has 0 aliphatic heterocycles. The largest absolute Gasteiger partial charge is 0.421 e. The number of rotatable bonds is 2. The van der Waals surface area contributed by atoms with Crippen LogP contribution in [0.3, 0.4) is 0 Å². The van der Waals surface area contributed by atoms with Gasteiger partial charge in [-0.1, -0.05) is 24.3 Å². The maximum absolute atomic E-state index is 11.4. The van der Waals surface area contributed by atoms with Gasteiger partial charge in [0.15, 0.2) is 0 Å². The van der Waals surface area contributed by atoms with E-state index in [0.29, 0.717) is 12.0 Å².